The topological polar surface area (TPSA) is 32.5 Å². The molecule has 0 aliphatic rings. The largest absolute Gasteiger partial charge is 0.364 e. The van der Waals surface area contributed by atoms with Crippen molar-refractivity contribution in [3.8, 4) is 0 Å². The smallest absolute Gasteiger partial charge is 0.0551 e. The van der Waals surface area contributed by atoms with Gasteiger partial charge in [0.25, 0.3) is 0 Å². The molecular formula is C25H31N3. The van der Waals surface area contributed by atoms with Gasteiger partial charge in [0, 0.05) is 37.6 Å². The second-order valence-corrected chi connectivity index (χ2v) is 6.63. The molecular weight excluding hydrogens is 342 g/mol. The van der Waals surface area contributed by atoms with Crippen LogP contribution in [-0.4, -0.2) is 26.2 Å². The molecule has 0 unspecified atom stereocenters. The van der Waals surface area contributed by atoms with Crippen LogP contribution in [0.2, 0.25) is 0 Å². The molecule has 0 spiro atoms. The highest BCUT2D eigenvalue weighted by molar-refractivity contribution is 5.52. The maximum absolute atomic E-state index is 6.51. The van der Waals surface area contributed by atoms with Crippen molar-refractivity contribution in [1.29, 1.82) is 0 Å². The van der Waals surface area contributed by atoms with Crippen molar-refractivity contribution in [2.45, 2.75) is 6.04 Å². The van der Waals surface area contributed by atoms with Crippen molar-refractivity contribution < 1.29 is 0 Å². The molecule has 146 valence electrons. The second kappa shape index (κ2) is 11.0. The van der Waals surface area contributed by atoms with Crippen LogP contribution in [0.5, 0.6) is 0 Å². The van der Waals surface area contributed by atoms with Crippen molar-refractivity contribution in [1.82, 2.24) is 0 Å². The molecule has 0 amide bonds. The van der Waals surface area contributed by atoms with E-state index >= 15 is 0 Å². The Balaban J connectivity index is 2.15. The first-order valence-electron chi connectivity index (χ1n) is 9.53. The van der Waals surface area contributed by atoms with Crippen LogP contribution in [0.1, 0.15) is 17.2 Å². The fourth-order valence-electron chi connectivity index (χ4n) is 3.17. The summed E-state index contributed by atoms with van der Waals surface area (Å²) in [5.41, 5.74) is 11.0. The summed E-state index contributed by atoms with van der Waals surface area (Å²) in [4.78, 5) is 4.41. The van der Waals surface area contributed by atoms with Crippen molar-refractivity contribution in [3.63, 3.8) is 0 Å². The van der Waals surface area contributed by atoms with Gasteiger partial charge in [0.2, 0.25) is 0 Å². The average molecular weight is 374 g/mol. The fourth-order valence-corrected chi connectivity index (χ4v) is 3.17. The Kier molecular flexibility index (Phi) is 8.32. The molecule has 0 aliphatic carbocycles. The van der Waals surface area contributed by atoms with Gasteiger partial charge in [-0.15, -0.1) is 26.3 Å². The fraction of sp³-hybridized carbons (Fsp3) is 0.200. The van der Waals surface area contributed by atoms with Crippen molar-refractivity contribution in [2.24, 2.45) is 5.73 Å². The van der Waals surface area contributed by atoms with E-state index in [0.29, 0.717) is 0 Å². The number of anilines is 2. The van der Waals surface area contributed by atoms with E-state index in [0.717, 1.165) is 48.7 Å². The molecule has 28 heavy (non-hydrogen) atoms. The zero-order valence-corrected chi connectivity index (χ0v) is 16.6. The summed E-state index contributed by atoms with van der Waals surface area (Å²) in [7, 11) is 0. The van der Waals surface area contributed by atoms with Crippen molar-refractivity contribution in [3.05, 3.63) is 110 Å². The van der Waals surface area contributed by atoms with Gasteiger partial charge in [0.15, 0.2) is 0 Å². The van der Waals surface area contributed by atoms with Crippen LogP contribution in [-0.2, 0) is 0 Å². The van der Waals surface area contributed by atoms with E-state index in [-0.39, 0.29) is 6.04 Å². The Hall–Kier alpha value is -3.04. The number of nitrogens with zero attached hydrogens (tertiary/aromatic N) is 2. The lowest BCUT2D eigenvalue weighted by atomic mass is 9.99. The van der Waals surface area contributed by atoms with Gasteiger partial charge in [-0.05, 0) is 35.4 Å². The van der Waals surface area contributed by atoms with Crippen molar-refractivity contribution in [2.75, 3.05) is 36.0 Å². The van der Waals surface area contributed by atoms with E-state index < -0.39 is 0 Å². The minimum atomic E-state index is -0.164. The van der Waals surface area contributed by atoms with Gasteiger partial charge >= 0.3 is 0 Å². The molecule has 0 bridgehead atoms. The lowest BCUT2D eigenvalue weighted by Crippen LogP contribution is -2.23. The highest BCUT2D eigenvalue weighted by Gasteiger charge is 2.11. The Morgan fingerprint density at radius 2 is 0.893 bits per heavy atom. The number of benzene rings is 2. The summed E-state index contributed by atoms with van der Waals surface area (Å²) < 4.78 is 0. The summed E-state index contributed by atoms with van der Waals surface area (Å²) in [5.74, 6) is 0. The predicted molar refractivity (Wildman–Crippen MR) is 124 cm³/mol. The van der Waals surface area contributed by atoms with Crippen LogP contribution in [0.3, 0.4) is 0 Å². The first kappa shape index (κ1) is 21.3. The van der Waals surface area contributed by atoms with Gasteiger partial charge in [0.1, 0.15) is 0 Å². The third kappa shape index (κ3) is 5.48. The minimum absolute atomic E-state index is 0.164. The third-order valence-electron chi connectivity index (χ3n) is 4.63. The normalized spacial score (nSPS) is 10.4. The Labute approximate surface area is 169 Å². The average Bonchev–Trinajstić information content (AvgIpc) is 2.73. The lowest BCUT2D eigenvalue weighted by molar-refractivity contribution is 0.867. The molecule has 2 aromatic carbocycles. The molecule has 2 aromatic rings. The second-order valence-electron chi connectivity index (χ2n) is 6.63. The summed E-state index contributed by atoms with van der Waals surface area (Å²) in [6, 6.07) is 16.6. The maximum atomic E-state index is 6.51. The van der Waals surface area contributed by atoms with Crippen LogP contribution in [0.15, 0.2) is 99.2 Å². The van der Waals surface area contributed by atoms with Crippen LogP contribution in [0.25, 0.3) is 0 Å². The van der Waals surface area contributed by atoms with Crippen LogP contribution in [0.4, 0.5) is 11.4 Å². The molecule has 0 fully saturated rings. The zero-order chi connectivity index (χ0) is 20.4. The van der Waals surface area contributed by atoms with E-state index in [9.17, 15) is 0 Å². The standard InChI is InChI=1S/C25H31N3/c1-5-17-27(18-6-2)23-13-9-21(10-14-23)25(26)22-11-15-24(16-12-22)28(19-7-3)20-8-4/h5-16,25H,1-4,17-20,26H2. The molecule has 0 saturated heterocycles. The summed E-state index contributed by atoms with van der Waals surface area (Å²) in [5, 5.41) is 0. The molecule has 0 aliphatic heterocycles. The van der Waals surface area contributed by atoms with Crippen molar-refractivity contribution >= 4 is 11.4 Å². The SMILES string of the molecule is C=CCN(CC=C)c1ccc(C(N)c2ccc(N(CC=C)CC=C)cc2)cc1. The molecule has 0 radical (unpaired) electrons. The van der Waals surface area contributed by atoms with Crippen LogP contribution < -0.4 is 15.5 Å². The molecule has 3 heteroatoms. The van der Waals surface area contributed by atoms with E-state index in [1.165, 1.54) is 0 Å². The Morgan fingerprint density at radius 3 is 1.14 bits per heavy atom. The summed E-state index contributed by atoms with van der Waals surface area (Å²) >= 11 is 0. The zero-order valence-electron chi connectivity index (χ0n) is 16.6. The highest BCUT2D eigenvalue weighted by Crippen LogP contribution is 2.25. The molecule has 3 nitrogen and oxygen atoms in total. The first-order chi connectivity index (χ1) is 13.6. The molecule has 0 aromatic heterocycles. The molecule has 0 atom stereocenters. The van der Waals surface area contributed by atoms with Gasteiger partial charge in [-0.1, -0.05) is 48.6 Å². The van der Waals surface area contributed by atoms with Gasteiger partial charge in [0.05, 0.1) is 6.04 Å². The van der Waals surface area contributed by atoms with Crippen LogP contribution in [0, 0.1) is 0 Å². The van der Waals surface area contributed by atoms with E-state index in [1.807, 2.05) is 24.3 Å². The number of hydrogen-bond donors (Lipinski definition) is 1. The van der Waals surface area contributed by atoms with Gasteiger partial charge in [-0.3, -0.25) is 0 Å². The predicted octanol–water partition coefficient (Wildman–Crippen LogP) is 5.09. The quantitative estimate of drug-likeness (QED) is 0.526. The minimum Gasteiger partial charge on any atom is -0.364 e. The number of nitrogens with two attached hydrogens (primary N) is 1. The maximum Gasteiger partial charge on any atom is 0.0551 e. The third-order valence-corrected chi connectivity index (χ3v) is 4.63. The van der Waals surface area contributed by atoms with E-state index in [2.05, 4.69) is 84.6 Å². The number of rotatable bonds is 12. The Bertz CT molecular complexity index is 687. The summed E-state index contributed by atoms with van der Waals surface area (Å²) in [6.07, 6.45) is 7.58. The lowest BCUT2D eigenvalue weighted by Gasteiger charge is -2.23. The van der Waals surface area contributed by atoms with Crippen LogP contribution >= 0.6 is 0 Å². The molecule has 0 heterocycles. The van der Waals surface area contributed by atoms with E-state index in [1.54, 1.807) is 0 Å². The molecule has 2 N–H and O–H groups in total. The Morgan fingerprint density at radius 1 is 0.607 bits per heavy atom. The number of hydrogen-bond acceptors (Lipinski definition) is 3. The van der Waals surface area contributed by atoms with Gasteiger partial charge in [-0.25, -0.2) is 0 Å². The van der Waals surface area contributed by atoms with E-state index in [4.69, 9.17) is 5.73 Å². The highest BCUT2D eigenvalue weighted by atomic mass is 15.1. The van der Waals surface area contributed by atoms with Gasteiger partial charge < -0.3 is 15.5 Å². The molecule has 0 saturated carbocycles. The summed E-state index contributed by atoms with van der Waals surface area (Å²) in [6.45, 7) is 18.4. The monoisotopic (exact) mass is 373 g/mol. The molecule has 2 rings (SSSR count). The first-order valence-corrected chi connectivity index (χ1v) is 9.53. The van der Waals surface area contributed by atoms with Gasteiger partial charge in [-0.2, -0.15) is 0 Å².